The molecule has 0 aliphatic heterocycles. The summed E-state index contributed by atoms with van der Waals surface area (Å²) in [4.78, 5) is 15.8. The van der Waals surface area contributed by atoms with Gasteiger partial charge >= 0.3 is 5.97 Å². The largest absolute Gasteiger partial charge is 0.477 e. The lowest BCUT2D eigenvalue weighted by molar-refractivity contribution is 0.0701. The second kappa shape index (κ2) is 5.40. The van der Waals surface area contributed by atoms with Crippen LogP contribution in [-0.4, -0.2) is 16.1 Å². The van der Waals surface area contributed by atoms with E-state index in [1.165, 1.54) is 11.3 Å². The number of aromatic nitrogens is 1. The molecule has 0 radical (unpaired) electrons. The van der Waals surface area contributed by atoms with E-state index in [9.17, 15) is 4.79 Å². The summed E-state index contributed by atoms with van der Waals surface area (Å²) < 4.78 is 0. The van der Waals surface area contributed by atoms with Crippen molar-refractivity contribution in [2.45, 2.75) is 27.2 Å². The topological polar surface area (TPSA) is 62.2 Å². The lowest BCUT2D eigenvalue weighted by atomic mass is 10.1. The number of carbonyl (C=O) groups is 1. The van der Waals surface area contributed by atoms with Crippen LogP contribution in [-0.2, 0) is 6.42 Å². The van der Waals surface area contributed by atoms with Gasteiger partial charge in [0.15, 0.2) is 5.13 Å². The van der Waals surface area contributed by atoms with Crippen LogP contribution in [0.25, 0.3) is 0 Å². The molecule has 0 fully saturated rings. The van der Waals surface area contributed by atoms with Gasteiger partial charge in [-0.15, -0.1) is 0 Å². The Kier molecular flexibility index (Phi) is 3.85. The SMILES string of the molecule is CCc1nc(Nc2cc(C)ccc2C)sc1C(=O)O. The molecule has 0 saturated heterocycles. The Balaban J connectivity index is 2.33. The number of benzene rings is 1. The Morgan fingerprint density at radius 2 is 2.16 bits per heavy atom. The fourth-order valence-corrected chi connectivity index (χ4v) is 2.70. The van der Waals surface area contributed by atoms with E-state index in [0.29, 0.717) is 22.1 Å². The van der Waals surface area contributed by atoms with Crippen molar-refractivity contribution in [3.8, 4) is 0 Å². The maximum Gasteiger partial charge on any atom is 0.347 e. The lowest BCUT2D eigenvalue weighted by Gasteiger charge is -2.07. The summed E-state index contributed by atoms with van der Waals surface area (Å²) in [5.41, 5.74) is 3.85. The van der Waals surface area contributed by atoms with Crippen molar-refractivity contribution in [1.29, 1.82) is 0 Å². The minimum absolute atomic E-state index is 0.315. The Morgan fingerprint density at radius 1 is 1.42 bits per heavy atom. The first-order chi connectivity index (χ1) is 9.01. The van der Waals surface area contributed by atoms with Gasteiger partial charge in [-0.25, -0.2) is 9.78 Å². The number of aryl methyl sites for hydroxylation is 3. The van der Waals surface area contributed by atoms with Gasteiger partial charge in [0.05, 0.1) is 5.69 Å². The Bertz CT molecular complexity index is 620. The van der Waals surface area contributed by atoms with Gasteiger partial charge in [-0.05, 0) is 37.5 Å². The molecule has 1 heterocycles. The molecule has 1 aromatic carbocycles. The first kappa shape index (κ1) is 13.5. The van der Waals surface area contributed by atoms with Crippen LogP contribution in [0.2, 0.25) is 0 Å². The zero-order chi connectivity index (χ0) is 14.0. The molecule has 0 aliphatic carbocycles. The van der Waals surface area contributed by atoms with Gasteiger partial charge in [-0.1, -0.05) is 30.4 Å². The standard InChI is InChI=1S/C14H16N2O2S/c1-4-10-12(13(17)18)19-14(15-10)16-11-7-8(2)5-6-9(11)3/h5-7H,4H2,1-3H3,(H,15,16)(H,17,18). The normalized spacial score (nSPS) is 10.5. The first-order valence-electron chi connectivity index (χ1n) is 6.08. The zero-order valence-electron chi connectivity index (χ0n) is 11.2. The van der Waals surface area contributed by atoms with E-state index in [-0.39, 0.29) is 0 Å². The first-order valence-corrected chi connectivity index (χ1v) is 6.90. The summed E-state index contributed by atoms with van der Waals surface area (Å²) in [5, 5.41) is 13.0. The smallest absolute Gasteiger partial charge is 0.347 e. The number of carboxylic acid groups (broad SMARTS) is 1. The molecule has 0 atom stereocenters. The van der Waals surface area contributed by atoms with Gasteiger partial charge in [-0.3, -0.25) is 0 Å². The number of nitrogens with zero attached hydrogens (tertiary/aromatic N) is 1. The summed E-state index contributed by atoms with van der Waals surface area (Å²) in [6, 6.07) is 6.11. The number of anilines is 2. The van der Waals surface area contributed by atoms with Crippen molar-refractivity contribution in [2.75, 3.05) is 5.32 Å². The number of thiazole rings is 1. The number of nitrogens with one attached hydrogen (secondary N) is 1. The monoisotopic (exact) mass is 276 g/mol. The Labute approximate surface area is 116 Å². The van der Waals surface area contributed by atoms with E-state index < -0.39 is 5.97 Å². The van der Waals surface area contributed by atoms with Crippen molar-refractivity contribution in [2.24, 2.45) is 0 Å². The van der Waals surface area contributed by atoms with Gasteiger partial charge in [-0.2, -0.15) is 0 Å². The fourth-order valence-electron chi connectivity index (χ4n) is 1.80. The summed E-state index contributed by atoms with van der Waals surface area (Å²) >= 11 is 1.18. The average Bonchev–Trinajstić information content (AvgIpc) is 2.77. The van der Waals surface area contributed by atoms with Gasteiger partial charge in [0, 0.05) is 5.69 Å². The number of hydrogen-bond acceptors (Lipinski definition) is 4. The number of carboxylic acids is 1. The summed E-state index contributed by atoms with van der Waals surface area (Å²) in [7, 11) is 0. The van der Waals surface area contributed by atoms with Crippen LogP contribution in [0.5, 0.6) is 0 Å². The molecular weight excluding hydrogens is 260 g/mol. The zero-order valence-corrected chi connectivity index (χ0v) is 12.0. The highest BCUT2D eigenvalue weighted by Gasteiger charge is 2.16. The Hall–Kier alpha value is -1.88. The number of hydrogen-bond donors (Lipinski definition) is 2. The van der Waals surface area contributed by atoms with Gasteiger partial charge in [0.25, 0.3) is 0 Å². The minimum Gasteiger partial charge on any atom is -0.477 e. The van der Waals surface area contributed by atoms with Crippen molar-refractivity contribution < 1.29 is 9.90 Å². The third-order valence-corrected chi connectivity index (χ3v) is 3.86. The predicted octanol–water partition coefficient (Wildman–Crippen LogP) is 3.76. The molecule has 2 N–H and O–H groups in total. The second-order valence-corrected chi connectivity index (χ2v) is 5.40. The average molecular weight is 276 g/mol. The molecule has 2 rings (SSSR count). The van der Waals surface area contributed by atoms with Crippen LogP contribution in [0.4, 0.5) is 10.8 Å². The lowest BCUT2D eigenvalue weighted by Crippen LogP contribution is -1.97. The molecule has 1 aromatic heterocycles. The van der Waals surface area contributed by atoms with E-state index >= 15 is 0 Å². The summed E-state index contributed by atoms with van der Waals surface area (Å²) in [6.45, 7) is 5.93. The van der Waals surface area contributed by atoms with Gasteiger partial charge in [0.1, 0.15) is 4.88 Å². The van der Waals surface area contributed by atoms with E-state index in [4.69, 9.17) is 5.11 Å². The molecular formula is C14H16N2O2S. The van der Waals surface area contributed by atoms with Crippen LogP contribution in [0.15, 0.2) is 18.2 Å². The van der Waals surface area contributed by atoms with Crippen LogP contribution in [0.3, 0.4) is 0 Å². The molecule has 5 heteroatoms. The second-order valence-electron chi connectivity index (χ2n) is 4.40. The van der Waals surface area contributed by atoms with Crippen molar-refractivity contribution >= 4 is 28.1 Å². The molecule has 19 heavy (non-hydrogen) atoms. The molecule has 100 valence electrons. The number of rotatable bonds is 4. The summed E-state index contributed by atoms with van der Waals surface area (Å²) in [5.74, 6) is -0.914. The van der Waals surface area contributed by atoms with Crippen LogP contribution < -0.4 is 5.32 Å². The van der Waals surface area contributed by atoms with E-state index in [1.54, 1.807) is 0 Å². The fraction of sp³-hybridized carbons (Fsp3) is 0.286. The molecule has 2 aromatic rings. The highest BCUT2D eigenvalue weighted by molar-refractivity contribution is 7.17. The predicted molar refractivity (Wildman–Crippen MR) is 77.7 cm³/mol. The molecule has 0 bridgehead atoms. The third-order valence-electron chi connectivity index (χ3n) is 2.86. The van der Waals surface area contributed by atoms with E-state index in [1.807, 2.05) is 39.0 Å². The van der Waals surface area contributed by atoms with Crippen LogP contribution in [0.1, 0.15) is 33.4 Å². The summed E-state index contributed by atoms with van der Waals surface area (Å²) in [6.07, 6.45) is 0.618. The maximum atomic E-state index is 11.1. The van der Waals surface area contributed by atoms with Crippen molar-refractivity contribution in [3.05, 3.63) is 39.9 Å². The highest BCUT2D eigenvalue weighted by atomic mass is 32.1. The van der Waals surface area contributed by atoms with E-state index in [0.717, 1.165) is 16.8 Å². The maximum absolute atomic E-state index is 11.1. The molecule has 4 nitrogen and oxygen atoms in total. The molecule has 0 saturated carbocycles. The number of aromatic carboxylic acids is 1. The Morgan fingerprint density at radius 3 is 2.74 bits per heavy atom. The van der Waals surface area contributed by atoms with Crippen LogP contribution in [0, 0.1) is 13.8 Å². The van der Waals surface area contributed by atoms with Crippen LogP contribution >= 0.6 is 11.3 Å². The highest BCUT2D eigenvalue weighted by Crippen LogP contribution is 2.28. The van der Waals surface area contributed by atoms with E-state index in [2.05, 4.69) is 10.3 Å². The third kappa shape index (κ3) is 2.93. The van der Waals surface area contributed by atoms with Gasteiger partial charge in [0.2, 0.25) is 0 Å². The molecule has 0 amide bonds. The molecule has 0 aliphatic rings. The minimum atomic E-state index is -0.914. The van der Waals surface area contributed by atoms with Crippen molar-refractivity contribution in [1.82, 2.24) is 4.98 Å². The molecule has 0 spiro atoms. The quantitative estimate of drug-likeness (QED) is 0.892. The van der Waals surface area contributed by atoms with Crippen molar-refractivity contribution in [3.63, 3.8) is 0 Å². The molecule has 0 unspecified atom stereocenters. The van der Waals surface area contributed by atoms with Gasteiger partial charge < -0.3 is 10.4 Å².